The van der Waals surface area contributed by atoms with Gasteiger partial charge in [-0.05, 0) is 37.3 Å². The predicted octanol–water partition coefficient (Wildman–Crippen LogP) is 2.29. The Morgan fingerprint density at radius 2 is 1.23 bits per heavy atom. The molecule has 2 aromatic rings. The van der Waals surface area contributed by atoms with E-state index in [0.29, 0.717) is 37.3 Å². The fourth-order valence-corrected chi connectivity index (χ4v) is 3.04. The lowest BCUT2D eigenvalue weighted by Gasteiger charge is -2.35. The lowest BCUT2D eigenvalue weighted by Crippen LogP contribution is -2.50. The van der Waals surface area contributed by atoms with Gasteiger partial charge < -0.3 is 14.9 Å². The second-order valence-electron chi connectivity index (χ2n) is 6.34. The molecular weight excluding hydrogens is 332 g/mol. The first-order chi connectivity index (χ1) is 12.5. The van der Waals surface area contributed by atoms with Crippen LogP contribution in [0.3, 0.4) is 0 Å². The zero-order chi connectivity index (χ0) is 18.7. The van der Waals surface area contributed by atoms with Gasteiger partial charge in [0.1, 0.15) is 0 Å². The number of aryl methyl sites for hydroxylation is 1. The largest absolute Gasteiger partial charge is 0.478 e. The van der Waals surface area contributed by atoms with E-state index in [0.717, 1.165) is 5.56 Å². The summed E-state index contributed by atoms with van der Waals surface area (Å²) in [5.74, 6) is -1.31. The number of rotatable bonds is 3. The van der Waals surface area contributed by atoms with Crippen molar-refractivity contribution in [3.05, 3.63) is 70.8 Å². The van der Waals surface area contributed by atoms with E-state index in [1.54, 1.807) is 28.0 Å². The first-order valence-corrected chi connectivity index (χ1v) is 8.44. The van der Waals surface area contributed by atoms with Crippen LogP contribution in [0.5, 0.6) is 0 Å². The minimum atomic E-state index is -1.06. The lowest BCUT2D eigenvalue weighted by atomic mass is 10.1. The number of carboxylic acids is 1. The van der Waals surface area contributed by atoms with E-state index in [1.807, 2.05) is 25.1 Å². The Balaban J connectivity index is 1.65. The van der Waals surface area contributed by atoms with Crippen molar-refractivity contribution in [3.63, 3.8) is 0 Å². The number of piperazine rings is 1. The van der Waals surface area contributed by atoms with Crippen molar-refractivity contribution in [1.29, 1.82) is 0 Å². The molecule has 0 atom stereocenters. The third-order valence-electron chi connectivity index (χ3n) is 4.48. The van der Waals surface area contributed by atoms with Crippen LogP contribution in [0.15, 0.2) is 48.5 Å². The van der Waals surface area contributed by atoms with Crippen molar-refractivity contribution < 1.29 is 19.5 Å². The molecule has 6 nitrogen and oxygen atoms in total. The van der Waals surface area contributed by atoms with Gasteiger partial charge in [-0.2, -0.15) is 0 Å². The van der Waals surface area contributed by atoms with Gasteiger partial charge in [-0.1, -0.05) is 23.8 Å². The van der Waals surface area contributed by atoms with Crippen molar-refractivity contribution >= 4 is 17.8 Å². The van der Waals surface area contributed by atoms with Crippen LogP contribution < -0.4 is 0 Å². The fraction of sp³-hybridized carbons (Fsp3) is 0.250. The summed E-state index contributed by atoms with van der Waals surface area (Å²) >= 11 is 0. The van der Waals surface area contributed by atoms with E-state index in [-0.39, 0.29) is 17.4 Å². The lowest BCUT2D eigenvalue weighted by molar-refractivity contribution is 0.0535. The van der Waals surface area contributed by atoms with Crippen molar-refractivity contribution in [2.75, 3.05) is 26.2 Å². The smallest absolute Gasteiger partial charge is 0.335 e. The Bertz CT molecular complexity index is 854. The number of hydrogen-bond acceptors (Lipinski definition) is 3. The van der Waals surface area contributed by atoms with Gasteiger partial charge in [0.05, 0.1) is 5.56 Å². The zero-order valence-electron chi connectivity index (χ0n) is 14.5. The number of hydrogen-bond donors (Lipinski definition) is 1. The predicted molar refractivity (Wildman–Crippen MR) is 96.4 cm³/mol. The molecule has 0 saturated carbocycles. The van der Waals surface area contributed by atoms with E-state index >= 15 is 0 Å². The van der Waals surface area contributed by atoms with E-state index < -0.39 is 5.97 Å². The zero-order valence-corrected chi connectivity index (χ0v) is 14.5. The summed E-state index contributed by atoms with van der Waals surface area (Å²) in [4.78, 5) is 39.6. The summed E-state index contributed by atoms with van der Waals surface area (Å²) < 4.78 is 0. The molecule has 0 spiro atoms. The second-order valence-corrected chi connectivity index (χ2v) is 6.34. The van der Waals surface area contributed by atoms with Gasteiger partial charge in [0.2, 0.25) is 0 Å². The van der Waals surface area contributed by atoms with Gasteiger partial charge in [-0.3, -0.25) is 9.59 Å². The third-order valence-corrected chi connectivity index (χ3v) is 4.48. The van der Waals surface area contributed by atoms with Crippen LogP contribution in [0.1, 0.15) is 36.6 Å². The number of aromatic carboxylic acids is 1. The maximum Gasteiger partial charge on any atom is 0.335 e. The molecule has 0 unspecified atom stereocenters. The number of benzene rings is 2. The standard InChI is InChI=1S/C20H20N2O4/c1-14-4-2-5-15(12-14)18(23)21-8-10-22(11-9-21)19(24)16-6-3-7-17(13-16)20(25)26/h2-7,12-13H,8-11H2,1H3,(H,25,26). The number of carboxylic acid groups (broad SMARTS) is 1. The highest BCUT2D eigenvalue weighted by molar-refractivity contribution is 5.98. The quantitative estimate of drug-likeness (QED) is 0.919. The van der Waals surface area contributed by atoms with Gasteiger partial charge in [0.25, 0.3) is 11.8 Å². The van der Waals surface area contributed by atoms with E-state index in [4.69, 9.17) is 5.11 Å². The first-order valence-electron chi connectivity index (χ1n) is 8.44. The third kappa shape index (κ3) is 3.74. The minimum Gasteiger partial charge on any atom is -0.478 e. The van der Waals surface area contributed by atoms with Crippen molar-refractivity contribution in [2.24, 2.45) is 0 Å². The highest BCUT2D eigenvalue weighted by Crippen LogP contribution is 2.14. The molecular formula is C20H20N2O4. The molecule has 1 heterocycles. The fourth-order valence-electron chi connectivity index (χ4n) is 3.04. The topological polar surface area (TPSA) is 77.9 Å². The average Bonchev–Trinajstić information content (AvgIpc) is 2.67. The number of carbonyl (C=O) groups excluding carboxylic acids is 2. The SMILES string of the molecule is Cc1cccc(C(=O)N2CCN(C(=O)c3cccc(C(=O)O)c3)CC2)c1. The van der Waals surface area contributed by atoms with Gasteiger partial charge in [0, 0.05) is 37.3 Å². The number of amides is 2. The van der Waals surface area contributed by atoms with Gasteiger partial charge in [0.15, 0.2) is 0 Å². The van der Waals surface area contributed by atoms with E-state index in [2.05, 4.69) is 0 Å². The van der Waals surface area contributed by atoms with Crippen LogP contribution in [0, 0.1) is 6.92 Å². The van der Waals surface area contributed by atoms with Crippen LogP contribution >= 0.6 is 0 Å². The van der Waals surface area contributed by atoms with Crippen molar-refractivity contribution in [3.8, 4) is 0 Å². The molecule has 3 rings (SSSR count). The molecule has 2 amide bonds. The van der Waals surface area contributed by atoms with Crippen molar-refractivity contribution in [2.45, 2.75) is 6.92 Å². The molecule has 1 aliphatic heterocycles. The Labute approximate surface area is 151 Å². The summed E-state index contributed by atoms with van der Waals surface area (Å²) in [6.07, 6.45) is 0. The van der Waals surface area contributed by atoms with Crippen LogP contribution in [0.2, 0.25) is 0 Å². The maximum absolute atomic E-state index is 12.6. The summed E-state index contributed by atoms with van der Waals surface area (Å²) in [5.41, 5.74) is 2.12. The van der Waals surface area contributed by atoms with Crippen LogP contribution in [-0.2, 0) is 0 Å². The van der Waals surface area contributed by atoms with Crippen LogP contribution in [0.4, 0.5) is 0 Å². The molecule has 0 aromatic heterocycles. The summed E-state index contributed by atoms with van der Waals surface area (Å²) in [6, 6.07) is 13.5. The molecule has 1 fully saturated rings. The summed E-state index contributed by atoms with van der Waals surface area (Å²) in [7, 11) is 0. The molecule has 0 bridgehead atoms. The normalized spacial score (nSPS) is 14.2. The maximum atomic E-state index is 12.6. The van der Waals surface area contributed by atoms with Gasteiger partial charge >= 0.3 is 5.97 Å². The molecule has 2 aromatic carbocycles. The molecule has 134 valence electrons. The van der Waals surface area contributed by atoms with Crippen LogP contribution in [0.25, 0.3) is 0 Å². The first kappa shape index (κ1) is 17.7. The van der Waals surface area contributed by atoms with E-state index in [1.165, 1.54) is 12.1 Å². The molecule has 1 N–H and O–H groups in total. The number of carbonyl (C=O) groups is 3. The highest BCUT2D eigenvalue weighted by Gasteiger charge is 2.25. The highest BCUT2D eigenvalue weighted by atomic mass is 16.4. The van der Waals surface area contributed by atoms with Crippen LogP contribution in [-0.4, -0.2) is 58.9 Å². The average molecular weight is 352 g/mol. The molecule has 0 radical (unpaired) electrons. The summed E-state index contributed by atoms with van der Waals surface area (Å²) in [5, 5.41) is 9.06. The summed E-state index contributed by atoms with van der Waals surface area (Å²) in [6.45, 7) is 3.70. The Kier molecular flexibility index (Phi) is 5.02. The Hall–Kier alpha value is -3.15. The molecule has 26 heavy (non-hydrogen) atoms. The Morgan fingerprint density at radius 1 is 0.769 bits per heavy atom. The van der Waals surface area contributed by atoms with Gasteiger partial charge in [-0.15, -0.1) is 0 Å². The molecule has 6 heteroatoms. The van der Waals surface area contributed by atoms with E-state index in [9.17, 15) is 14.4 Å². The monoisotopic (exact) mass is 352 g/mol. The molecule has 1 saturated heterocycles. The van der Waals surface area contributed by atoms with Crippen molar-refractivity contribution in [1.82, 2.24) is 9.80 Å². The minimum absolute atomic E-state index is 0.0336. The second kappa shape index (κ2) is 7.39. The molecule has 0 aliphatic carbocycles. The van der Waals surface area contributed by atoms with Gasteiger partial charge in [-0.25, -0.2) is 4.79 Å². The molecule has 1 aliphatic rings. The number of nitrogens with zero attached hydrogens (tertiary/aromatic N) is 2. The Morgan fingerprint density at radius 3 is 1.73 bits per heavy atom.